The average molecular weight is 259 g/mol. The highest BCUT2D eigenvalue weighted by atomic mass is 32.1. The van der Waals surface area contributed by atoms with Crippen molar-refractivity contribution in [1.29, 1.82) is 0 Å². The van der Waals surface area contributed by atoms with E-state index in [4.69, 9.17) is 0 Å². The Hall–Kier alpha value is -0.600. The molecule has 0 spiro atoms. The molecule has 0 aromatic carbocycles. The molecule has 1 heterocycles. The zero-order valence-corrected chi connectivity index (χ0v) is 11.6. The van der Waals surface area contributed by atoms with Gasteiger partial charge in [-0.3, -0.25) is 0 Å². The van der Waals surface area contributed by atoms with Gasteiger partial charge in [-0.25, -0.2) is 0 Å². The molecule has 4 aliphatic carbocycles. The van der Waals surface area contributed by atoms with Gasteiger partial charge >= 0.3 is 0 Å². The molecule has 2 unspecified atom stereocenters. The van der Waals surface area contributed by atoms with Gasteiger partial charge in [0.15, 0.2) is 0 Å². The Morgan fingerprint density at radius 1 is 1.28 bits per heavy atom. The monoisotopic (exact) mass is 259 g/mol. The summed E-state index contributed by atoms with van der Waals surface area (Å²) in [6.45, 7) is 5.43. The Morgan fingerprint density at radius 2 is 2.06 bits per heavy atom. The van der Waals surface area contributed by atoms with E-state index in [1.54, 1.807) is 5.57 Å². The Bertz CT molecular complexity index is 443. The van der Waals surface area contributed by atoms with Crippen molar-refractivity contribution in [3.05, 3.63) is 34.5 Å². The maximum atomic E-state index is 4.37. The number of hydrogen-bond acceptors (Lipinski definition) is 2. The van der Waals surface area contributed by atoms with Crippen LogP contribution in [0.1, 0.15) is 37.0 Å². The van der Waals surface area contributed by atoms with Crippen LogP contribution in [-0.2, 0) is 6.54 Å². The van der Waals surface area contributed by atoms with Gasteiger partial charge in [-0.05, 0) is 61.3 Å². The third-order valence-electron chi connectivity index (χ3n) is 5.46. The molecule has 4 fully saturated rings. The van der Waals surface area contributed by atoms with E-state index in [0.29, 0.717) is 5.54 Å². The lowest BCUT2D eigenvalue weighted by Crippen LogP contribution is -2.58. The quantitative estimate of drug-likeness (QED) is 0.810. The number of nitrogens with one attached hydrogen (secondary N) is 1. The SMILES string of the molecule is C=C1C2CC3CC1CC(NCc1cccs1)(C3)C2. The zero-order chi connectivity index (χ0) is 12.2. The summed E-state index contributed by atoms with van der Waals surface area (Å²) in [7, 11) is 0. The number of rotatable bonds is 3. The second kappa shape index (κ2) is 3.94. The van der Waals surface area contributed by atoms with Gasteiger partial charge in [0.05, 0.1) is 0 Å². The summed E-state index contributed by atoms with van der Waals surface area (Å²) in [4.78, 5) is 1.48. The van der Waals surface area contributed by atoms with Crippen LogP contribution in [0.15, 0.2) is 29.7 Å². The lowest BCUT2D eigenvalue weighted by Gasteiger charge is -2.58. The molecular formula is C16H21NS. The Balaban J connectivity index is 1.52. The molecule has 0 aliphatic heterocycles. The van der Waals surface area contributed by atoms with Gasteiger partial charge in [-0.2, -0.15) is 0 Å². The van der Waals surface area contributed by atoms with Crippen LogP contribution in [0.4, 0.5) is 0 Å². The fraction of sp³-hybridized carbons (Fsp3) is 0.625. The van der Waals surface area contributed by atoms with Crippen LogP contribution in [0.3, 0.4) is 0 Å². The minimum Gasteiger partial charge on any atom is -0.306 e. The molecule has 96 valence electrons. The van der Waals surface area contributed by atoms with Crippen molar-refractivity contribution in [2.45, 2.75) is 44.2 Å². The van der Waals surface area contributed by atoms with Gasteiger partial charge in [-0.15, -0.1) is 11.3 Å². The van der Waals surface area contributed by atoms with Crippen LogP contribution >= 0.6 is 11.3 Å². The van der Waals surface area contributed by atoms with Gasteiger partial charge < -0.3 is 5.32 Å². The molecule has 1 aromatic rings. The predicted molar refractivity (Wildman–Crippen MR) is 76.6 cm³/mol. The standard InChI is InChI=1S/C16H21NS/c1-11-13-5-12-6-14(11)9-16(7-12,8-13)17-10-15-3-2-4-18-15/h2-4,12-14,17H,1,5-10H2. The zero-order valence-electron chi connectivity index (χ0n) is 10.8. The molecule has 4 saturated carbocycles. The fourth-order valence-corrected chi connectivity index (χ4v) is 5.43. The molecule has 4 bridgehead atoms. The maximum Gasteiger partial charge on any atom is 0.0304 e. The van der Waals surface area contributed by atoms with Crippen molar-refractivity contribution >= 4 is 11.3 Å². The first-order chi connectivity index (χ1) is 8.74. The molecule has 0 radical (unpaired) electrons. The van der Waals surface area contributed by atoms with Crippen molar-refractivity contribution in [3.63, 3.8) is 0 Å². The first-order valence-corrected chi connectivity index (χ1v) is 8.08. The number of hydrogen-bond donors (Lipinski definition) is 1. The van der Waals surface area contributed by atoms with Crippen molar-refractivity contribution < 1.29 is 0 Å². The van der Waals surface area contributed by atoms with Crippen LogP contribution in [-0.4, -0.2) is 5.54 Å². The van der Waals surface area contributed by atoms with Gasteiger partial charge in [0.25, 0.3) is 0 Å². The van der Waals surface area contributed by atoms with Crippen molar-refractivity contribution in [2.75, 3.05) is 0 Å². The molecule has 18 heavy (non-hydrogen) atoms. The summed E-state index contributed by atoms with van der Waals surface area (Å²) in [6, 6.07) is 4.40. The molecule has 4 aliphatic rings. The van der Waals surface area contributed by atoms with Gasteiger partial charge in [-0.1, -0.05) is 18.2 Å². The fourth-order valence-electron chi connectivity index (χ4n) is 4.78. The summed E-state index contributed by atoms with van der Waals surface area (Å²) >= 11 is 1.87. The molecule has 1 nitrogen and oxygen atoms in total. The van der Waals surface area contributed by atoms with Crippen molar-refractivity contribution in [2.24, 2.45) is 17.8 Å². The molecule has 1 N–H and O–H groups in total. The second-order valence-corrected chi connectivity index (χ2v) is 7.66. The third-order valence-corrected chi connectivity index (χ3v) is 6.33. The molecule has 0 saturated heterocycles. The van der Waals surface area contributed by atoms with Crippen LogP contribution in [0.2, 0.25) is 0 Å². The minimum absolute atomic E-state index is 0.446. The van der Waals surface area contributed by atoms with Crippen LogP contribution < -0.4 is 5.32 Å². The van der Waals surface area contributed by atoms with Crippen molar-refractivity contribution in [3.8, 4) is 0 Å². The highest BCUT2D eigenvalue weighted by molar-refractivity contribution is 7.09. The molecular weight excluding hydrogens is 238 g/mol. The molecule has 1 aromatic heterocycles. The molecule has 5 rings (SSSR count). The summed E-state index contributed by atoms with van der Waals surface area (Å²) in [5.41, 5.74) is 2.03. The topological polar surface area (TPSA) is 12.0 Å². The highest BCUT2D eigenvalue weighted by Gasteiger charge is 2.52. The highest BCUT2D eigenvalue weighted by Crippen LogP contribution is 2.57. The molecule has 2 atom stereocenters. The van der Waals surface area contributed by atoms with E-state index < -0.39 is 0 Å². The van der Waals surface area contributed by atoms with E-state index in [1.807, 2.05) is 11.3 Å². The van der Waals surface area contributed by atoms with Gasteiger partial charge in [0.2, 0.25) is 0 Å². The molecule has 2 heteroatoms. The van der Waals surface area contributed by atoms with Crippen LogP contribution in [0.25, 0.3) is 0 Å². The Labute approximate surface area is 113 Å². The van der Waals surface area contributed by atoms with E-state index in [-0.39, 0.29) is 0 Å². The van der Waals surface area contributed by atoms with E-state index in [1.165, 1.54) is 37.0 Å². The smallest absolute Gasteiger partial charge is 0.0304 e. The van der Waals surface area contributed by atoms with E-state index in [9.17, 15) is 0 Å². The predicted octanol–water partition coefficient (Wildman–Crippen LogP) is 3.97. The van der Waals surface area contributed by atoms with E-state index >= 15 is 0 Å². The summed E-state index contributed by atoms with van der Waals surface area (Å²) in [5, 5.41) is 6.10. The van der Waals surface area contributed by atoms with E-state index in [0.717, 1.165) is 24.3 Å². The third kappa shape index (κ3) is 1.70. The normalized spacial score (nSPS) is 41.6. The number of thiophene rings is 1. The lowest BCUT2D eigenvalue weighted by molar-refractivity contribution is 0.0211. The van der Waals surface area contributed by atoms with Gasteiger partial charge in [0.1, 0.15) is 0 Å². The first kappa shape index (κ1) is 11.2. The van der Waals surface area contributed by atoms with Crippen LogP contribution in [0.5, 0.6) is 0 Å². The van der Waals surface area contributed by atoms with E-state index in [2.05, 4.69) is 29.4 Å². The van der Waals surface area contributed by atoms with Crippen molar-refractivity contribution in [1.82, 2.24) is 5.32 Å². The second-order valence-electron chi connectivity index (χ2n) is 6.63. The summed E-state index contributed by atoms with van der Waals surface area (Å²) in [6.07, 6.45) is 6.97. The maximum absolute atomic E-state index is 4.37. The first-order valence-electron chi connectivity index (χ1n) is 7.20. The van der Waals surface area contributed by atoms with Gasteiger partial charge in [0, 0.05) is 17.0 Å². The number of allylic oxidation sites excluding steroid dienone is 1. The average Bonchev–Trinajstić information content (AvgIpc) is 2.86. The Morgan fingerprint density at radius 3 is 2.72 bits per heavy atom. The summed E-state index contributed by atoms with van der Waals surface area (Å²) < 4.78 is 0. The minimum atomic E-state index is 0.446. The molecule has 0 amide bonds. The lowest BCUT2D eigenvalue weighted by atomic mass is 9.51. The Kier molecular flexibility index (Phi) is 2.46. The summed E-state index contributed by atoms with van der Waals surface area (Å²) in [5.74, 6) is 2.63. The largest absolute Gasteiger partial charge is 0.306 e. The van der Waals surface area contributed by atoms with Crippen LogP contribution in [0, 0.1) is 17.8 Å².